The van der Waals surface area contributed by atoms with Crippen molar-refractivity contribution < 1.29 is 14.3 Å². The van der Waals surface area contributed by atoms with Crippen LogP contribution in [0.2, 0.25) is 0 Å². The molecule has 0 aromatic heterocycles. The molecule has 1 rings (SSSR count). The van der Waals surface area contributed by atoms with Crippen molar-refractivity contribution in [3.05, 3.63) is 11.9 Å². The van der Waals surface area contributed by atoms with E-state index in [1.54, 1.807) is 6.92 Å². The lowest BCUT2D eigenvalue weighted by molar-refractivity contribution is -0.138. The Hall–Kier alpha value is -1.52. The Morgan fingerprint density at radius 3 is 2.83 bits per heavy atom. The fourth-order valence-corrected chi connectivity index (χ4v) is 0.781. The summed E-state index contributed by atoms with van der Waals surface area (Å²) in [4.78, 5) is 21.9. The second kappa shape index (κ2) is 3.25. The lowest BCUT2D eigenvalue weighted by Gasteiger charge is -2.19. The van der Waals surface area contributed by atoms with Crippen LogP contribution in [0.1, 0.15) is 6.92 Å². The summed E-state index contributed by atoms with van der Waals surface area (Å²) < 4.78 is 4.41. The van der Waals surface area contributed by atoms with Crippen molar-refractivity contribution in [2.24, 2.45) is 0 Å². The minimum Gasteiger partial charge on any atom is -0.464 e. The fraction of sp³-hybridized carbons (Fsp3) is 0.429. The number of carbonyl (C=O) groups excluding carboxylic acids is 2. The molecule has 5 heteroatoms. The predicted octanol–water partition coefficient (Wildman–Crippen LogP) is -0.891. The van der Waals surface area contributed by atoms with Crippen LogP contribution < -0.4 is 10.6 Å². The first-order valence-electron chi connectivity index (χ1n) is 3.50. The molecule has 1 amide bonds. The summed E-state index contributed by atoms with van der Waals surface area (Å²) in [5.41, 5.74) is 0.139. The lowest BCUT2D eigenvalue weighted by atomic mass is 10.2. The maximum absolute atomic E-state index is 11.0. The molecule has 0 saturated carbocycles. The number of carbonyl (C=O) groups is 2. The van der Waals surface area contributed by atoms with Gasteiger partial charge in [-0.15, -0.1) is 0 Å². The van der Waals surface area contributed by atoms with Gasteiger partial charge < -0.3 is 15.4 Å². The number of methoxy groups -OCH3 is 1. The van der Waals surface area contributed by atoms with E-state index in [0.717, 1.165) is 0 Å². The highest BCUT2D eigenvalue weighted by molar-refractivity contribution is 5.96. The van der Waals surface area contributed by atoms with E-state index in [2.05, 4.69) is 15.4 Å². The Balaban J connectivity index is 2.70. The molecule has 2 N–H and O–H groups in total. The highest BCUT2D eigenvalue weighted by Gasteiger charge is 2.21. The Morgan fingerprint density at radius 2 is 2.33 bits per heavy atom. The predicted molar refractivity (Wildman–Crippen MR) is 40.8 cm³/mol. The van der Waals surface area contributed by atoms with Gasteiger partial charge in [-0.3, -0.25) is 4.79 Å². The molecule has 0 aliphatic carbocycles. The van der Waals surface area contributed by atoms with Crippen LogP contribution in [0.25, 0.3) is 0 Å². The monoisotopic (exact) mass is 170 g/mol. The molecule has 0 saturated heterocycles. The van der Waals surface area contributed by atoms with Gasteiger partial charge in [0, 0.05) is 6.20 Å². The summed E-state index contributed by atoms with van der Waals surface area (Å²) >= 11 is 0. The molecule has 0 radical (unpaired) electrons. The average molecular weight is 170 g/mol. The van der Waals surface area contributed by atoms with Gasteiger partial charge in [0.2, 0.25) is 5.91 Å². The second-order valence-corrected chi connectivity index (χ2v) is 2.43. The Kier molecular flexibility index (Phi) is 2.32. The van der Waals surface area contributed by atoms with Crippen molar-refractivity contribution >= 4 is 11.9 Å². The summed E-state index contributed by atoms with van der Waals surface area (Å²) in [6.45, 7) is 1.69. The van der Waals surface area contributed by atoms with Crippen molar-refractivity contribution in [1.82, 2.24) is 10.6 Å². The van der Waals surface area contributed by atoms with Gasteiger partial charge in [0.15, 0.2) is 0 Å². The van der Waals surface area contributed by atoms with Crippen LogP contribution in [0.3, 0.4) is 0 Å². The lowest BCUT2D eigenvalue weighted by Crippen LogP contribution is -2.46. The summed E-state index contributed by atoms with van der Waals surface area (Å²) in [7, 11) is 1.26. The van der Waals surface area contributed by atoms with Crippen molar-refractivity contribution in [3.63, 3.8) is 0 Å². The molecule has 0 aromatic carbocycles. The van der Waals surface area contributed by atoms with Crippen molar-refractivity contribution in [1.29, 1.82) is 0 Å². The first kappa shape index (κ1) is 8.58. The molecular weight excluding hydrogens is 160 g/mol. The molecule has 0 unspecified atom stereocenters. The van der Waals surface area contributed by atoms with Gasteiger partial charge >= 0.3 is 5.97 Å². The van der Waals surface area contributed by atoms with Gasteiger partial charge in [0.1, 0.15) is 11.7 Å². The van der Waals surface area contributed by atoms with Gasteiger partial charge in [-0.1, -0.05) is 0 Å². The van der Waals surface area contributed by atoms with Crippen LogP contribution in [0.4, 0.5) is 0 Å². The van der Waals surface area contributed by atoms with Gasteiger partial charge in [0.25, 0.3) is 0 Å². The van der Waals surface area contributed by atoms with Crippen LogP contribution in [0, 0.1) is 0 Å². The quantitative estimate of drug-likeness (QED) is 0.501. The number of ether oxygens (including phenoxy) is 1. The maximum atomic E-state index is 11.0. The first-order valence-corrected chi connectivity index (χ1v) is 3.50. The third-order valence-corrected chi connectivity index (χ3v) is 1.53. The smallest absolute Gasteiger partial charge is 0.356 e. The number of hydrogen-bond donors (Lipinski definition) is 2. The van der Waals surface area contributed by atoms with Gasteiger partial charge in [-0.25, -0.2) is 4.79 Å². The van der Waals surface area contributed by atoms with Crippen molar-refractivity contribution in [2.75, 3.05) is 7.11 Å². The second-order valence-electron chi connectivity index (χ2n) is 2.43. The van der Waals surface area contributed by atoms with Gasteiger partial charge in [-0.2, -0.15) is 0 Å². The van der Waals surface area contributed by atoms with E-state index in [0.29, 0.717) is 0 Å². The molecule has 1 heterocycles. The SMILES string of the molecule is COC(=O)C1=CN[C@@H](C)C(=O)N1. The standard InChI is InChI=1S/C7H10N2O3/c1-4-6(10)9-5(3-8-4)7(11)12-2/h3-4,8H,1-2H3,(H,9,10)/t4-/m0/s1. The largest absolute Gasteiger partial charge is 0.464 e. The Morgan fingerprint density at radius 1 is 1.67 bits per heavy atom. The van der Waals surface area contributed by atoms with E-state index in [9.17, 15) is 9.59 Å². The van der Waals surface area contributed by atoms with E-state index in [1.807, 2.05) is 0 Å². The van der Waals surface area contributed by atoms with Crippen LogP contribution in [0.15, 0.2) is 11.9 Å². The van der Waals surface area contributed by atoms with E-state index >= 15 is 0 Å². The molecule has 66 valence electrons. The zero-order chi connectivity index (χ0) is 9.14. The molecule has 5 nitrogen and oxygen atoms in total. The molecule has 0 bridgehead atoms. The van der Waals surface area contributed by atoms with E-state index in [-0.39, 0.29) is 17.6 Å². The Labute approximate surface area is 69.8 Å². The molecule has 1 atom stereocenters. The highest BCUT2D eigenvalue weighted by atomic mass is 16.5. The average Bonchev–Trinajstić information content (AvgIpc) is 2.08. The molecule has 0 fully saturated rings. The summed E-state index contributed by atoms with van der Waals surface area (Å²) in [6.07, 6.45) is 1.43. The van der Waals surface area contributed by atoms with E-state index < -0.39 is 5.97 Å². The number of esters is 1. The fourth-order valence-electron chi connectivity index (χ4n) is 0.781. The van der Waals surface area contributed by atoms with Gasteiger partial charge in [0.05, 0.1) is 7.11 Å². The van der Waals surface area contributed by atoms with Crippen LogP contribution in [-0.4, -0.2) is 25.0 Å². The molecule has 0 spiro atoms. The van der Waals surface area contributed by atoms with Crippen molar-refractivity contribution in [2.45, 2.75) is 13.0 Å². The molecule has 0 aromatic rings. The number of hydrogen-bond acceptors (Lipinski definition) is 4. The maximum Gasteiger partial charge on any atom is 0.356 e. The molecule has 1 aliphatic rings. The third-order valence-electron chi connectivity index (χ3n) is 1.53. The van der Waals surface area contributed by atoms with E-state index in [4.69, 9.17) is 0 Å². The molecule has 12 heavy (non-hydrogen) atoms. The summed E-state index contributed by atoms with van der Waals surface area (Å²) in [5, 5.41) is 5.12. The summed E-state index contributed by atoms with van der Waals surface area (Å²) in [5.74, 6) is -0.791. The Bertz CT molecular complexity index is 247. The topological polar surface area (TPSA) is 67.4 Å². The van der Waals surface area contributed by atoms with Crippen LogP contribution >= 0.6 is 0 Å². The summed E-state index contributed by atoms with van der Waals surface area (Å²) in [6, 6.07) is -0.307. The first-order chi connectivity index (χ1) is 5.65. The minimum atomic E-state index is -0.553. The third kappa shape index (κ3) is 1.55. The number of amides is 1. The highest BCUT2D eigenvalue weighted by Crippen LogP contribution is 1.98. The number of nitrogens with one attached hydrogen (secondary N) is 2. The number of rotatable bonds is 1. The zero-order valence-corrected chi connectivity index (χ0v) is 6.88. The molecular formula is C7H10N2O3. The van der Waals surface area contributed by atoms with Crippen LogP contribution in [-0.2, 0) is 14.3 Å². The van der Waals surface area contributed by atoms with Crippen molar-refractivity contribution in [3.8, 4) is 0 Å². The normalized spacial score (nSPS) is 22.0. The minimum absolute atomic E-state index is 0.139. The van der Waals surface area contributed by atoms with E-state index in [1.165, 1.54) is 13.3 Å². The van der Waals surface area contributed by atoms with Crippen LogP contribution in [0.5, 0.6) is 0 Å². The van der Waals surface area contributed by atoms with Gasteiger partial charge in [-0.05, 0) is 6.92 Å². The molecule has 1 aliphatic heterocycles. The zero-order valence-electron chi connectivity index (χ0n) is 6.88.